The first-order chi connectivity index (χ1) is 9.58. The van der Waals surface area contributed by atoms with Crippen LogP contribution in [-0.2, 0) is 6.54 Å². The smallest absolute Gasteiger partial charge is 0.231 e. The highest BCUT2D eigenvalue weighted by molar-refractivity contribution is 5.42. The largest absolute Gasteiger partial charge is 0.354 e. The summed E-state index contributed by atoms with van der Waals surface area (Å²) in [5.41, 5.74) is 0. The van der Waals surface area contributed by atoms with Crippen LogP contribution in [0.25, 0.3) is 0 Å². The lowest BCUT2D eigenvalue weighted by molar-refractivity contribution is 0.388. The van der Waals surface area contributed by atoms with Crippen molar-refractivity contribution in [2.75, 3.05) is 36.2 Å². The van der Waals surface area contributed by atoms with Gasteiger partial charge in [0.2, 0.25) is 23.7 Å². The predicted octanol–water partition coefficient (Wildman–Crippen LogP) is 0.673. The zero-order chi connectivity index (χ0) is 14.5. The lowest BCUT2D eigenvalue weighted by atomic mass is 10.6. The molecule has 9 nitrogen and oxygen atoms in total. The number of nitrogens with zero attached hydrogens (tertiary/aromatic N) is 6. The molecule has 0 unspecified atom stereocenters. The number of hydrogen-bond donors (Lipinski definition) is 2. The summed E-state index contributed by atoms with van der Waals surface area (Å²) in [6.07, 6.45) is 0. The van der Waals surface area contributed by atoms with Crippen LogP contribution in [0.15, 0.2) is 4.52 Å². The van der Waals surface area contributed by atoms with Gasteiger partial charge in [0.25, 0.3) is 0 Å². The van der Waals surface area contributed by atoms with Crippen molar-refractivity contribution in [3.05, 3.63) is 11.7 Å². The molecular formula is C11H18N8O. The van der Waals surface area contributed by atoms with Gasteiger partial charge in [-0.05, 0) is 6.92 Å². The molecule has 0 saturated heterocycles. The van der Waals surface area contributed by atoms with Crippen LogP contribution in [0.2, 0.25) is 0 Å². The normalized spacial score (nSPS) is 10.4. The topological polar surface area (TPSA) is 105 Å². The zero-order valence-electron chi connectivity index (χ0n) is 12.0. The van der Waals surface area contributed by atoms with E-state index in [1.54, 1.807) is 6.92 Å². The molecule has 0 fully saturated rings. The minimum atomic E-state index is 0.389. The Morgan fingerprint density at radius 1 is 1.05 bits per heavy atom. The second kappa shape index (κ2) is 6.13. The van der Waals surface area contributed by atoms with Gasteiger partial charge in [0, 0.05) is 27.6 Å². The molecule has 0 atom stereocenters. The second-order valence-corrected chi connectivity index (χ2v) is 4.29. The van der Waals surface area contributed by atoms with Gasteiger partial charge < -0.3 is 20.1 Å². The number of aryl methyl sites for hydroxylation is 1. The molecule has 0 aromatic carbocycles. The number of rotatable bonds is 6. The first kappa shape index (κ1) is 14.0. The molecular weight excluding hydrogens is 260 g/mol. The molecule has 0 aliphatic carbocycles. The van der Waals surface area contributed by atoms with Crippen molar-refractivity contribution in [1.82, 2.24) is 25.1 Å². The highest BCUT2D eigenvalue weighted by Gasteiger charge is 2.09. The molecule has 0 radical (unpaired) electrons. The molecule has 9 heteroatoms. The lowest BCUT2D eigenvalue weighted by Gasteiger charge is -2.13. The van der Waals surface area contributed by atoms with Crippen molar-refractivity contribution in [3.8, 4) is 0 Å². The fourth-order valence-electron chi connectivity index (χ4n) is 1.45. The molecule has 2 rings (SSSR count). The van der Waals surface area contributed by atoms with Gasteiger partial charge in [0.1, 0.15) is 0 Å². The van der Waals surface area contributed by atoms with E-state index in [4.69, 9.17) is 4.52 Å². The van der Waals surface area contributed by atoms with E-state index in [0.29, 0.717) is 36.1 Å². The van der Waals surface area contributed by atoms with Gasteiger partial charge in [0.05, 0.1) is 6.54 Å². The summed E-state index contributed by atoms with van der Waals surface area (Å²) >= 11 is 0. The Hall–Kier alpha value is -2.45. The first-order valence-electron chi connectivity index (χ1n) is 6.28. The maximum atomic E-state index is 4.90. The van der Waals surface area contributed by atoms with Gasteiger partial charge in [-0.1, -0.05) is 5.16 Å². The standard InChI is InChI=1S/C11H18N8O/c1-5-12-9-15-10(17-11(16-9)19(3)4)13-6-8-14-7(2)20-18-8/h5-6H2,1-4H3,(H2,12,13,15,16,17). The Bertz CT molecular complexity index is 567. The third-order valence-electron chi connectivity index (χ3n) is 2.33. The number of hydrogen-bond acceptors (Lipinski definition) is 9. The number of aromatic nitrogens is 5. The van der Waals surface area contributed by atoms with E-state index in [1.807, 2.05) is 25.9 Å². The molecule has 2 heterocycles. The summed E-state index contributed by atoms with van der Waals surface area (Å²) < 4.78 is 4.90. The molecule has 0 saturated carbocycles. The predicted molar refractivity (Wildman–Crippen MR) is 74.7 cm³/mol. The number of anilines is 3. The Kier molecular flexibility index (Phi) is 4.28. The average Bonchev–Trinajstić information content (AvgIpc) is 2.82. The fraction of sp³-hybridized carbons (Fsp3) is 0.545. The summed E-state index contributed by atoms with van der Waals surface area (Å²) in [5.74, 6) is 2.64. The lowest BCUT2D eigenvalue weighted by Crippen LogP contribution is -2.17. The summed E-state index contributed by atoms with van der Waals surface area (Å²) in [6.45, 7) is 4.85. The molecule has 0 bridgehead atoms. The van der Waals surface area contributed by atoms with E-state index in [2.05, 4.69) is 35.7 Å². The maximum absolute atomic E-state index is 4.90. The van der Waals surface area contributed by atoms with E-state index in [0.717, 1.165) is 6.54 Å². The van der Waals surface area contributed by atoms with Crippen molar-refractivity contribution >= 4 is 17.8 Å². The summed E-state index contributed by atoms with van der Waals surface area (Å²) in [7, 11) is 3.74. The van der Waals surface area contributed by atoms with Gasteiger partial charge in [-0.2, -0.15) is 19.9 Å². The van der Waals surface area contributed by atoms with Crippen LogP contribution in [0, 0.1) is 6.92 Å². The Labute approximate surface area is 116 Å². The number of nitrogens with one attached hydrogen (secondary N) is 2. The monoisotopic (exact) mass is 278 g/mol. The summed E-state index contributed by atoms with van der Waals surface area (Å²) in [4.78, 5) is 18.8. The van der Waals surface area contributed by atoms with Gasteiger partial charge in [-0.15, -0.1) is 0 Å². The van der Waals surface area contributed by atoms with Crippen LogP contribution in [0.1, 0.15) is 18.6 Å². The Balaban J connectivity index is 2.13. The SMILES string of the molecule is CCNc1nc(NCc2noc(C)n2)nc(N(C)C)n1. The van der Waals surface area contributed by atoms with Crippen LogP contribution >= 0.6 is 0 Å². The first-order valence-corrected chi connectivity index (χ1v) is 6.28. The highest BCUT2D eigenvalue weighted by atomic mass is 16.5. The van der Waals surface area contributed by atoms with Crippen LogP contribution in [0.4, 0.5) is 17.8 Å². The van der Waals surface area contributed by atoms with Gasteiger partial charge in [-0.25, -0.2) is 0 Å². The Morgan fingerprint density at radius 2 is 1.75 bits per heavy atom. The van der Waals surface area contributed by atoms with E-state index < -0.39 is 0 Å². The summed E-state index contributed by atoms with van der Waals surface area (Å²) in [6, 6.07) is 0. The minimum Gasteiger partial charge on any atom is -0.354 e. The molecule has 0 aliphatic rings. The van der Waals surface area contributed by atoms with E-state index in [1.165, 1.54) is 0 Å². The molecule has 0 amide bonds. The second-order valence-electron chi connectivity index (χ2n) is 4.29. The maximum Gasteiger partial charge on any atom is 0.231 e. The van der Waals surface area contributed by atoms with Crippen molar-refractivity contribution in [1.29, 1.82) is 0 Å². The third-order valence-corrected chi connectivity index (χ3v) is 2.33. The molecule has 2 aromatic rings. The van der Waals surface area contributed by atoms with Crippen LogP contribution in [-0.4, -0.2) is 45.7 Å². The zero-order valence-corrected chi connectivity index (χ0v) is 12.0. The van der Waals surface area contributed by atoms with Crippen LogP contribution in [0.5, 0.6) is 0 Å². The van der Waals surface area contributed by atoms with E-state index >= 15 is 0 Å². The van der Waals surface area contributed by atoms with Crippen LogP contribution < -0.4 is 15.5 Å². The molecule has 20 heavy (non-hydrogen) atoms. The van der Waals surface area contributed by atoms with E-state index in [9.17, 15) is 0 Å². The van der Waals surface area contributed by atoms with Crippen molar-refractivity contribution in [2.45, 2.75) is 20.4 Å². The quantitative estimate of drug-likeness (QED) is 0.788. The minimum absolute atomic E-state index is 0.389. The van der Waals surface area contributed by atoms with Gasteiger partial charge >= 0.3 is 0 Å². The van der Waals surface area contributed by atoms with Crippen LogP contribution in [0.3, 0.4) is 0 Å². The highest BCUT2D eigenvalue weighted by Crippen LogP contribution is 2.11. The molecule has 2 N–H and O–H groups in total. The van der Waals surface area contributed by atoms with Crippen molar-refractivity contribution in [2.24, 2.45) is 0 Å². The molecule has 0 spiro atoms. The van der Waals surface area contributed by atoms with Crippen molar-refractivity contribution < 1.29 is 4.52 Å². The van der Waals surface area contributed by atoms with Crippen molar-refractivity contribution in [3.63, 3.8) is 0 Å². The Morgan fingerprint density at radius 3 is 2.30 bits per heavy atom. The van der Waals surface area contributed by atoms with Gasteiger partial charge in [-0.3, -0.25) is 0 Å². The summed E-state index contributed by atoms with van der Waals surface area (Å²) in [5, 5.41) is 9.92. The van der Waals surface area contributed by atoms with Gasteiger partial charge in [0.15, 0.2) is 5.82 Å². The van der Waals surface area contributed by atoms with E-state index in [-0.39, 0.29) is 0 Å². The fourth-order valence-corrected chi connectivity index (χ4v) is 1.45. The molecule has 2 aromatic heterocycles. The average molecular weight is 278 g/mol. The molecule has 0 aliphatic heterocycles. The third kappa shape index (κ3) is 3.53. The molecule has 108 valence electrons.